The first kappa shape index (κ1) is 17.9. The van der Waals surface area contributed by atoms with Crippen molar-refractivity contribution < 1.29 is 14.0 Å². The number of oxazole rings is 1. The number of carbonyl (C=O) groups excluding carboxylic acids is 2. The van der Waals surface area contributed by atoms with Gasteiger partial charge in [0.25, 0.3) is 0 Å². The molecule has 8 heteroatoms. The number of amides is 3. The molecule has 138 valence electrons. The maximum Gasteiger partial charge on any atom is 0.324 e. The number of aromatic nitrogens is 1. The van der Waals surface area contributed by atoms with Gasteiger partial charge in [0.05, 0.1) is 19.3 Å². The number of likely N-dealkylation sites (tertiary alicyclic amines) is 1. The summed E-state index contributed by atoms with van der Waals surface area (Å²) in [6, 6.07) is 0.0809. The largest absolute Gasteiger partial charge is 0.444 e. The fourth-order valence-electron chi connectivity index (χ4n) is 3.31. The van der Waals surface area contributed by atoms with Gasteiger partial charge in [-0.3, -0.25) is 19.5 Å². The van der Waals surface area contributed by atoms with Crippen molar-refractivity contribution in [1.82, 2.24) is 25.0 Å². The zero-order valence-electron chi connectivity index (χ0n) is 15.2. The van der Waals surface area contributed by atoms with E-state index in [0.717, 1.165) is 31.2 Å². The SMILES string of the molecule is CC(C)c1cnc(CN(C)C2CCN(CC(=O)N3CCNC3=O)C2)o1. The zero-order chi connectivity index (χ0) is 18.0. The first-order valence-corrected chi connectivity index (χ1v) is 8.89. The summed E-state index contributed by atoms with van der Waals surface area (Å²) in [6.45, 7) is 7.82. The number of urea groups is 1. The number of hydrogen-bond donors (Lipinski definition) is 1. The van der Waals surface area contributed by atoms with Gasteiger partial charge in [-0.2, -0.15) is 0 Å². The van der Waals surface area contributed by atoms with Crippen molar-refractivity contribution in [2.75, 3.05) is 39.8 Å². The Balaban J connectivity index is 1.48. The van der Waals surface area contributed by atoms with Crippen LogP contribution in [-0.2, 0) is 11.3 Å². The third-order valence-electron chi connectivity index (χ3n) is 4.91. The summed E-state index contributed by atoms with van der Waals surface area (Å²) >= 11 is 0. The minimum absolute atomic E-state index is 0.118. The van der Waals surface area contributed by atoms with Crippen LogP contribution in [0.4, 0.5) is 4.79 Å². The normalized spacial score (nSPS) is 21.6. The van der Waals surface area contributed by atoms with Crippen molar-refractivity contribution >= 4 is 11.9 Å². The second kappa shape index (κ2) is 7.53. The van der Waals surface area contributed by atoms with Gasteiger partial charge in [0, 0.05) is 38.1 Å². The Bertz CT molecular complexity index is 630. The van der Waals surface area contributed by atoms with Gasteiger partial charge in [-0.25, -0.2) is 9.78 Å². The lowest BCUT2D eigenvalue weighted by Gasteiger charge is -2.23. The average molecular weight is 349 g/mol. The van der Waals surface area contributed by atoms with E-state index in [1.807, 2.05) is 0 Å². The Morgan fingerprint density at radius 3 is 2.92 bits per heavy atom. The summed E-state index contributed by atoms with van der Waals surface area (Å²) in [5, 5.41) is 2.66. The fraction of sp³-hybridized carbons (Fsp3) is 0.706. The Morgan fingerprint density at radius 1 is 1.48 bits per heavy atom. The van der Waals surface area contributed by atoms with Crippen molar-refractivity contribution in [3.63, 3.8) is 0 Å². The Hall–Kier alpha value is -1.93. The molecule has 1 aromatic heterocycles. The Labute approximate surface area is 148 Å². The van der Waals surface area contributed by atoms with Crippen LogP contribution < -0.4 is 5.32 Å². The van der Waals surface area contributed by atoms with Crippen LogP contribution >= 0.6 is 0 Å². The molecular formula is C17H27N5O3. The highest BCUT2D eigenvalue weighted by atomic mass is 16.4. The maximum absolute atomic E-state index is 12.2. The summed E-state index contributed by atoms with van der Waals surface area (Å²) in [5.41, 5.74) is 0. The molecule has 0 saturated carbocycles. The van der Waals surface area contributed by atoms with Crippen molar-refractivity contribution in [3.8, 4) is 0 Å². The van der Waals surface area contributed by atoms with Gasteiger partial charge in [0.15, 0.2) is 0 Å². The van der Waals surface area contributed by atoms with E-state index in [-0.39, 0.29) is 11.9 Å². The molecule has 0 bridgehead atoms. The van der Waals surface area contributed by atoms with Crippen LogP contribution in [0.5, 0.6) is 0 Å². The Morgan fingerprint density at radius 2 is 2.28 bits per heavy atom. The van der Waals surface area contributed by atoms with E-state index in [2.05, 4.69) is 41.0 Å². The quantitative estimate of drug-likeness (QED) is 0.820. The topological polar surface area (TPSA) is 81.9 Å². The smallest absolute Gasteiger partial charge is 0.324 e. The molecule has 1 unspecified atom stereocenters. The van der Waals surface area contributed by atoms with Gasteiger partial charge in [0.1, 0.15) is 5.76 Å². The fourth-order valence-corrected chi connectivity index (χ4v) is 3.31. The molecule has 2 fully saturated rings. The molecule has 0 radical (unpaired) electrons. The molecule has 1 atom stereocenters. The summed E-state index contributed by atoms with van der Waals surface area (Å²) in [7, 11) is 2.06. The third-order valence-corrected chi connectivity index (χ3v) is 4.91. The molecule has 2 aliphatic rings. The van der Waals surface area contributed by atoms with Gasteiger partial charge in [-0.05, 0) is 13.5 Å². The van der Waals surface area contributed by atoms with Gasteiger partial charge in [-0.1, -0.05) is 13.8 Å². The number of nitrogens with one attached hydrogen (secondary N) is 1. The summed E-state index contributed by atoms with van der Waals surface area (Å²) in [5.74, 6) is 1.86. The van der Waals surface area contributed by atoms with Gasteiger partial charge >= 0.3 is 6.03 Å². The number of imide groups is 1. The van der Waals surface area contributed by atoms with Gasteiger partial charge in [-0.15, -0.1) is 0 Å². The molecule has 2 saturated heterocycles. The van der Waals surface area contributed by atoms with Crippen LogP contribution in [0.15, 0.2) is 10.6 Å². The van der Waals surface area contributed by atoms with Gasteiger partial charge in [0.2, 0.25) is 11.8 Å². The van der Waals surface area contributed by atoms with E-state index >= 15 is 0 Å². The van der Waals surface area contributed by atoms with Crippen LogP contribution in [-0.4, -0.2) is 77.4 Å². The number of likely N-dealkylation sites (N-methyl/N-ethyl adjacent to an activating group) is 1. The van der Waals surface area contributed by atoms with Crippen LogP contribution in [0.3, 0.4) is 0 Å². The average Bonchev–Trinajstić information content (AvgIpc) is 3.27. The molecule has 0 aromatic carbocycles. The van der Waals surface area contributed by atoms with Crippen LogP contribution in [0, 0.1) is 0 Å². The molecule has 0 spiro atoms. The van der Waals surface area contributed by atoms with Crippen molar-refractivity contribution in [3.05, 3.63) is 17.8 Å². The summed E-state index contributed by atoms with van der Waals surface area (Å²) in [6.07, 6.45) is 2.79. The second-order valence-corrected chi connectivity index (χ2v) is 7.18. The highest BCUT2D eigenvalue weighted by Gasteiger charge is 2.31. The van der Waals surface area contributed by atoms with E-state index in [1.165, 1.54) is 4.90 Å². The molecule has 25 heavy (non-hydrogen) atoms. The van der Waals surface area contributed by atoms with E-state index in [1.54, 1.807) is 6.20 Å². The summed E-state index contributed by atoms with van der Waals surface area (Å²) < 4.78 is 5.77. The van der Waals surface area contributed by atoms with Crippen LogP contribution in [0.25, 0.3) is 0 Å². The van der Waals surface area contributed by atoms with Gasteiger partial charge < -0.3 is 9.73 Å². The lowest BCUT2D eigenvalue weighted by atomic mass is 10.2. The van der Waals surface area contributed by atoms with E-state index < -0.39 is 0 Å². The molecule has 3 rings (SSSR count). The molecule has 8 nitrogen and oxygen atoms in total. The molecule has 1 aromatic rings. The number of hydrogen-bond acceptors (Lipinski definition) is 6. The maximum atomic E-state index is 12.2. The van der Waals surface area contributed by atoms with Crippen molar-refractivity contribution in [2.45, 2.75) is 38.8 Å². The second-order valence-electron chi connectivity index (χ2n) is 7.18. The minimum atomic E-state index is -0.275. The standard InChI is InChI=1S/C17H27N5O3/c1-12(2)14-8-19-15(25-14)10-20(3)13-4-6-21(9-13)11-16(23)22-7-5-18-17(22)24/h8,12-13H,4-7,9-11H2,1-3H3,(H,18,24). The first-order chi connectivity index (χ1) is 11.9. The van der Waals surface area contributed by atoms with Crippen LogP contribution in [0.1, 0.15) is 37.8 Å². The predicted octanol–water partition coefficient (Wildman–Crippen LogP) is 0.856. The van der Waals surface area contributed by atoms with Crippen molar-refractivity contribution in [2.24, 2.45) is 0 Å². The monoisotopic (exact) mass is 349 g/mol. The molecular weight excluding hydrogens is 322 g/mol. The van der Waals surface area contributed by atoms with E-state index in [9.17, 15) is 9.59 Å². The van der Waals surface area contributed by atoms with Crippen molar-refractivity contribution in [1.29, 1.82) is 0 Å². The molecule has 0 aliphatic carbocycles. The van der Waals surface area contributed by atoms with E-state index in [4.69, 9.17) is 4.42 Å². The molecule has 3 amide bonds. The third kappa shape index (κ3) is 4.19. The highest BCUT2D eigenvalue weighted by Crippen LogP contribution is 2.19. The molecule has 2 aliphatic heterocycles. The van der Waals surface area contributed by atoms with E-state index in [0.29, 0.717) is 38.1 Å². The number of nitrogens with zero attached hydrogens (tertiary/aromatic N) is 4. The summed E-state index contributed by atoms with van der Waals surface area (Å²) in [4.78, 5) is 33.8. The highest BCUT2D eigenvalue weighted by molar-refractivity contribution is 5.96. The van der Waals surface area contributed by atoms with Crippen LogP contribution in [0.2, 0.25) is 0 Å². The zero-order valence-corrected chi connectivity index (χ0v) is 15.2. The predicted molar refractivity (Wildman–Crippen MR) is 92.0 cm³/mol. The number of carbonyl (C=O) groups is 2. The first-order valence-electron chi connectivity index (χ1n) is 8.89. The minimum Gasteiger partial charge on any atom is -0.444 e. The lowest BCUT2D eigenvalue weighted by Crippen LogP contribution is -2.42. The molecule has 3 heterocycles. The Kier molecular flexibility index (Phi) is 5.39. The lowest BCUT2D eigenvalue weighted by molar-refractivity contribution is -0.128. The number of rotatable bonds is 6. The molecule has 1 N–H and O–H groups in total.